The van der Waals surface area contributed by atoms with E-state index in [1.807, 2.05) is 6.07 Å². The minimum absolute atomic E-state index is 0.0644. The molecule has 1 heterocycles. The molecule has 0 aliphatic heterocycles. The Hall–Kier alpha value is -1.21. The molecule has 0 aromatic carbocycles. The highest BCUT2D eigenvalue weighted by molar-refractivity contribution is 6.17. The van der Waals surface area contributed by atoms with Crippen LogP contribution in [-0.4, -0.2) is 4.98 Å². The Bertz CT molecular complexity index is 399. The van der Waals surface area contributed by atoms with Crippen molar-refractivity contribution >= 4 is 11.6 Å². The summed E-state index contributed by atoms with van der Waals surface area (Å²) < 4.78 is 25.5. The first kappa shape index (κ1) is 11.9. The van der Waals surface area contributed by atoms with E-state index in [9.17, 15) is 8.78 Å². The van der Waals surface area contributed by atoms with Crippen molar-refractivity contribution in [1.29, 1.82) is 5.26 Å². The quantitative estimate of drug-likeness (QED) is 0.748. The first-order valence-corrected chi connectivity index (χ1v) is 4.83. The van der Waals surface area contributed by atoms with Crippen molar-refractivity contribution in [3.8, 4) is 6.07 Å². The lowest BCUT2D eigenvalue weighted by Gasteiger charge is -2.12. The van der Waals surface area contributed by atoms with Crippen LogP contribution in [0, 0.1) is 18.3 Å². The summed E-state index contributed by atoms with van der Waals surface area (Å²) in [6, 6.07) is 1.86. The van der Waals surface area contributed by atoms with E-state index in [2.05, 4.69) is 4.98 Å². The van der Waals surface area contributed by atoms with Crippen LogP contribution in [0.25, 0.3) is 0 Å². The van der Waals surface area contributed by atoms with Gasteiger partial charge in [0.25, 0.3) is 6.43 Å². The molecule has 15 heavy (non-hydrogen) atoms. The molecule has 0 unspecified atom stereocenters. The highest BCUT2D eigenvalue weighted by Gasteiger charge is 2.19. The van der Waals surface area contributed by atoms with Crippen LogP contribution in [0.5, 0.6) is 0 Å². The molecule has 0 aliphatic carbocycles. The molecule has 0 radical (unpaired) electrons. The van der Waals surface area contributed by atoms with Crippen molar-refractivity contribution in [1.82, 2.24) is 4.98 Å². The van der Waals surface area contributed by atoms with Gasteiger partial charge < -0.3 is 0 Å². The molecule has 0 N–H and O–H groups in total. The maximum absolute atomic E-state index is 12.7. The van der Waals surface area contributed by atoms with Crippen LogP contribution in [-0.2, 0) is 12.3 Å². The molecule has 0 aliphatic rings. The fourth-order valence-electron chi connectivity index (χ4n) is 1.41. The molecule has 80 valence electrons. The first-order valence-electron chi connectivity index (χ1n) is 4.30. The number of hydrogen-bond donors (Lipinski definition) is 0. The van der Waals surface area contributed by atoms with E-state index in [-0.39, 0.29) is 23.6 Å². The average molecular weight is 231 g/mol. The van der Waals surface area contributed by atoms with Crippen molar-refractivity contribution in [3.05, 3.63) is 28.6 Å². The fraction of sp³-hybridized carbons (Fsp3) is 0.400. The molecule has 5 heteroatoms. The predicted octanol–water partition coefficient (Wildman–Crippen LogP) is 3.13. The summed E-state index contributed by atoms with van der Waals surface area (Å²) in [6.45, 7) is 1.50. The van der Waals surface area contributed by atoms with Crippen molar-refractivity contribution in [2.24, 2.45) is 0 Å². The van der Waals surface area contributed by atoms with E-state index < -0.39 is 6.43 Å². The number of hydrogen-bond acceptors (Lipinski definition) is 2. The first-order chi connectivity index (χ1) is 7.11. The van der Waals surface area contributed by atoms with Crippen molar-refractivity contribution in [2.45, 2.75) is 25.7 Å². The van der Waals surface area contributed by atoms with E-state index in [0.29, 0.717) is 11.1 Å². The summed E-state index contributed by atoms with van der Waals surface area (Å²) in [4.78, 5) is 3.84. The van der Waals surface area contributed by atoms with E-state index >= 15 is 0 Å². The van der Waals surface area contributed by atoms with Crippen LogP contribution in [0.1, 0.15) is 28.8 Å². The molecular formula is C10H9ClF2N2. The molecule has 0 fully saturated rings. The number of aryl methyl sites for hydroxylation is 1. The standard InChI is InChI=1S/C10H9ClF2N2/c1-6-9(10(12)13)8(2-3-14)7(4-11)5-15-6/h5,10H,2,4H2,1H3. The lowest BCUT2D eigenvalue weighted by Crippen LogP contribution is -2.04. The van der Waals surface area contributed by atoms with E-state index in [0.717, 1.165) is 0 Å². The van der Waals surface area contributed by atoms with Crippen LogP contribution < -0.4 is 0 Å². The fourth-order valence-corrected chi connectivity index (χ4v) is 1.64. The number of nitrogens with zero attached hydrogens (tertiary/aromatic N) is 2. The highest BCUT2D eigenvalue weighted by atomic mass is 35.5. The van der Waals surface area contributed by atoms with E-state index in [4.69, 9.17) is 16.9 Å². The molecule has 2 nitrogen and oxygen atoms in total. The minimum atomic E-state index is -2.62. The van der Waals surface area contributed by atoms with Crippen LogP contribution >= 0.6 is 11.6 Å². The highest BCUT2D eigenvalue weighted by Crippen LogP contribution is 2.28. The molecule has 1 aromatic rings. The SMILES string of the molecule is Cc1ncc(CCl)c(CC#N)c1C(F)F. The van der Waals surface area contributed by atoms with Gasteiger partial charge in [0.2, 0.25) is 0 Å². The van der Waals surface area contributed by atoms with E-state index in [1.54, 1.807) is 0 Å². The molecule has 1 rings (SSSR count). The second-order valence-electron chi connectivity index (χ2n) is 3.03. The second kappa shape index (κ2) is 5.04. The zero-order chi connectivity index (χ0) is 11.4. The number of halogens is 3. The van der Waals surface area contributed by atoms with Crippen molar-refractivity contribution < 1.29 is 8.78 Å². The third kappa shape index (κ3) is 2.42. The lowest BCUT2D eigenvalue weighted by molar-refractivity contribution is 0.149. The van der Waals surface area contributed by atoms with Crippen LogP contribution in [0.3, 0.4) is 0 Å². The summed E-state index contributed by atoms with van der Waals surface area (Å²) in [5, 5.41) is 8.58. The second-order valence-corrected chi connectivity index (χ2v) is 3.30. The van der Waals surface area contributed by atoms with Crippen LogP contribution in [0.15, 0.2) is 6.20 Å². The maximum Gasteiger partial charge on any atom is 0.265 e. The third-order valence-corrected chi connectivity index (χ3v) is 2.42. The molecule has 0 saturated heterocycles. The van der Waals surface area contributed by atoms with Gasteiger partial charge in [0.05, 0.1) is 12.5 Å². The Morgan fingerprint density at radius 1 is 1.60 bits per heavy atom. The zero-order valence-corrected chi connectivity index (χ0v) is 8.85. The summed E-state index contributed by atoms with van der Waals surface area (Å²) >= 11 is 5.60. The normalized spacial score (nSPS) is 10.4. The Morgan fingerprint density at radius 3 is 2.73 bits per heavy atom. The summed E-state index contributed by atoms with van der Waals surface area (Å²) in [7, 11) is 0. The summed E-state index contributed by atoms with van der Waals surface area (Å²) in [5.41, 5.74) is 0.910. The maximum atomic E-state index is 12.7. The Morgan fingerprint density at radius 2 is 2.27 bits per heavy atom. The van der Waals surface area contributed by atoms with Gasteiger partial charge >= 0.3 is 0 Å². The van der Waals surface area contributed by atoms with Gasteiger partial charge in [-0.2, -0.15) is 5.26 Å². The third-order valence-electron chi connectivity index (χ3n) is 2.13. The number of rotatable bonds is 3. The molecule has 0 amide bonds. The van der Waals surface area contributed by atoms with Gasteiger partial charge in [-0.3, -0.25) is 4.98 Å². The summed E-state index contributed by atoms with van der Waals surface area (Å²) in [5.74, 6) is 0.0873. The van der Waals surface area contributed by atoms with Gasteiger partial charge in [0.15, 0.2) is 0 Å². The topological polar surface area (TPSA) is 36.7 Å². The van der Waals surface area contributed by atoms with Crippen LogP contribution in [0.2, 0.25) is 0 Å². The molecule has 0 saturated carbocycles. The predicted molar refractivity (Wildman–Crippen MR) is 52.8 cm³/mol. The van der Waals surface area contributed by atoms with Gasteiger partial charge in [-0.25, -0.2) is 8.78 Å². The Labute approximate surface area is 91.5 Å². The van der Waals surface area contributed by atoms with Gasteiger partial charge in [0.1, 0.15) is 0 Å². The van der Waals surface area contributed by atoms with Crippen molar-refractivity contribution in [2.75, 3.05) is 0 Å². The smallest absolute Gasteiger partial charge is 0.261 e. The molecule has 0 atom stereocenters. The molecule has 1 aromatic heterocycles. The number of alkyl halides is 3. The monoisotopic (exact) mass is 230 g/mol. The Balaban J connectivity index is 3.38. The molecule has 0 spiro atoms. The lowest BCUT2D eigenvalue weighted by atomic mass is 10.0. The minimum Gasteiger partial charge on any atom is -0.261 e. The number of aromatic nitrogens is 1. The van der Waals surface area contributed by atoms with Crippen molar-refractivity contribution in [3.63, 3.8) is 0 Å². The van der Waals surface area contributed by atoms with Gasteiger partial charge in [-0.1, -0.05) is 0 Å². The van der Waals surface area contributed by atoms with Gasteiger partial charge in [0, 0.05) is 23.3 Å². The molecule has 0 bridgehead atoms. The van der Waals surface area contributed by atoms with Gasteiger partial charge in [-0.05, 0) is 18.1 Å². The van der Waals surface area contributed by atoms with Crippen LogP contribution in [0.4, 0.5) is 8.78 Å². The average Bonchev–Trinajstić information content (AvgIpc) is 2.18. The van der Waals surface area contributed by atoms with E-state index in [1.165, 1.54) is 13.1 Å². The van der Waals surface area contributed by atoms with Gasteiger partial charge in [-0.15, -0.1) is 11.6 Å². The summed E-state index contributed by atoms with van der Waals surface area (Å²) in [6.07, 6.45) is -1.24. The largest absolute Gasteiger partial charge is 0.265 e. The number of pyridine rings is 1. The number of nitriles is 1. The molecular weight excluding hydrogens is 222 g/mol. The zero-order valence-electron chi connectivity index (χ0n) is 8.10. The Kier molecular flexibility index (Phi) is 3.98.